The quantitative estimate of drug-likeness (QED) is 0.634. The topological polar surface area (TPSA) is 83.3 Å². The van der Waals surface area contributed by atoms with Crippen molar-refractivity contribution in [2.45, 2.75) is 6.92 Å². The van der Waals surface area contributed by atoms with E-state index in [-0.39, 0.29) is 5.91 Å². The van der Waals surface area contributed by atoms with Crippen LogP contribution in [0, 0.1) is 6.92 Å². The molecule has 6 nitrogen and oxygen atoms in total. The standard InChI is InChI=1S/C12H12N4O2/c1-9-8-11(15-14-9)12(17)16-13-6-2-4-10-5-3-7-18-10/h2-8H,1H3,(H,14,15)(H,16,17)/b4-2+,13-6-. The van der Waals surface area contributed by atoms with E-state index in [4.69, 9.17) is 4.42 Å². The summed E-state index contributed by atoms with van der Waals surface area (Å²) in [7, 11) is 0. The van der Waals surface area contributed by atoms with Crippen LogP contribution in [0.3, 0.4) is 0 Å². The number of carbonyl (C=O) groups excluding carboxylic acids is 1. The molecule has 0 saturated heterocycles. The summed E-state index contributed by atoms with van der Waals surface area (Å²) in [6, 6.07) is 5.25. The Morgan fingerprint density at radius 1 is 1.61 bits per heavy atom. The highest BCUT2D eigenvalue weighted by Crippen LogP contribution is 2.01. The number of hydrogen-bond acceptors (Lipinski definition) is 4. The van der Waals surface area contributed by atoms with Gasteiger partial charge in [0.25, 0.3) is 5.91 Å². The Hall–Kier alpha value is -2.63. The lowest BCUT2D eigenvalue weighted by Gasteiger charge is -1.92. The summed E-state index contributed by atoms with van der Waals surface area (Å²) >= 11 is 0. The highest BCUT2D eigenvalue weighted by atomic mass is 16.3. The van der Waals surface area contributed by atoms with Crippen LogP contribution in [0.15, 0.2) is 40.1 Å². The number of aromatic nitrogens is 2. The number of nitrogens with one attached hydrogen (secondary N) is 2. The van der Waals surface area contributed by atoms with Crippen LogP contribution in [0.4, 0.5) is 0 Å². The summed E-state index contributed by atoms with van der Waals surface area (Å²) in [6.45, 7) is 1.82. The number of aromatic amines is 1. The predicted molar refractivity (Wildman–Crippen MR) is 67.0 cm³/mol. The second kappa shape index (κ2) is 5.62. The first kappa shape index (κ1) is 11.8. The van der Waals surface area contributed by atoms with Crippen molar-refractivity contribution in [2.75, 3.05) is 0 Å². The van der Waals surface area contributed by atoms with Crippen LogP contribution in [0.25, 0.3) is 6.08 Å². The summed E-state index contributed by atoms with van der Waals surface area (Å²) in [4.78, 5) is 11.5. The van der Waals surface area contributed by atoms with Crippen molar-refractivity contribution in [3.05, 3.63) is 47.7 Å². The summed E-state index contributed by atoms with van der Waals surface area (Å²) in [5.74, 6) is 0.359. The number of H-pyrrole nitrogens is 1. The van der Waals surface area contributed by atoms with Crippen LogP contribution in [0.2, 0.25) is 0 Å². The minimum atomic E-state index is -0.359. The first-order valence-electron chi connectivity index (χ1n) is 5.31. The number of carbonyl (C=O) groups is 1. The zero-order chi connectivity index (χ0) is 12.8. The molecule has 18 heavy (non-hydrogen) atoms. The van der Waals surface area contributed by atoms with Gasteiger partial charge in [-0.3, -0.25) is 9.89 Å². The number of furan rings is 1. The van der Waals surface area contributed by atoms with E-state index in [9.17, 15) is 4.79 Å². The van der Waals surface area contributed by atoms with Gasteiger partial charge in [-0.15, -0.1) is 0 Å². The number of nitrogens with zero attached hydrogens (tertiary/aromatic N) is 2. The van der Waals surface area contributed by atoms with Gasteiger partial charge in [-0.25, -0.2) is 5.43 Å². The highest BCUT2D eigenvalue weighted by Gasteiger charge is 2.06. The monoisotopic (exact) mass is 244 g/mol. The van der Waals surface area contributed by atoms with Crippen molar-refractivity contribution in [3.63, 3.8) is 0 Å². The fourth-order valence-electron chi connectivity index (χ4n) is 1.25. The maximum Gasteiger partial charge on any atom is 0.291 e. The zero-order valence-corrected chi connectivity index (χ0v) is 9.75. The molecule has 6 heteroatoms. The van der Waals surface area contributed by atoms with Crippen LogP contribution in [0.5, 0.6) is 0 Å². The molecule has 0 aliphatic rings. The summed E-state index contributed by atoms with van der Waals surface area (Å²) in [5, 5.41) is 10.2. The van der Waals surface area contributed by atoms with Crippen molar-refractivity contribution >= 4 is 18.2 Å². The number of rotatable bonds is 4. The number of aryl methyl sites for hydroxylation is 1. The molecule has 92 valence electrons. The molecule has 2 rings (SSSR count). The van der Waals surface area contributed by atoms with Crippen LogP contribution in [-0.2, 0) is 0 Å². The molecule has 2 aromatic heterocycles. The Labute approximate surface area is 103 Å². The van der Waals surface area contributed by atoms with Crippen molar-refractivity contribution in [2.24, 2.45) is 5.10 Å². The van der Waals surface area contributed by atoms with Crippen molar-refractivity contribution in [3.8, 4) is 0 Å². The SMILES string of the molecule is Cc1cc(C(=O)N/N=C\C=C\c2ccco2)n[nH]1. The van der Waals surface area contributed by atoms with Crippen LogP contribution >= 0.6 is 0 Å². The lowest BCUT2D eigenvalue weighted by molar-refractivity contribution is 0.0950. The number of hydrogen-bond donors (Lipinski definition) is 2. The molecule has 0 radical (unpaired) electrons. The van der Waals surface area contributed by atoms with Gasteiger partial charge in [-0.05, 0) is 37.3 Å². The molecule has 0 bridgehead atoms. The van der Waals surface area contributed by atoms with Gasteiger partial charge < -0.3 is 4.42 Å². The van der Waals surface area contributed by atoms with E-state index in [1.165, 1.54) is 6.21 Å². The molecule has 0 unspecified atom stereocenters. The van der Waals surface area contributed by atoms with Crippen LogP contribution in [0.1, 0.15) is 21.9 Å². The summed E-state index contributed by atoms with van der Waals surface area (Å²) in [5.41, 5.74) is 3.48. The Balaban J connectivity index is 1.83. The maximum absolute atomic E-state index is 11.5. The molecule has 0 fully saturated rings. The number of amides is 1. The molecule has 0 aliphatic heterocycles. The largest absolute Gasteiger partial charge is 0.465 e. The van der Waals surface area contributed by atoms with Crippen molar-refractivity contribution < 1.29 is 9.21 Å². The van der Waals surface area contributed by atoms with E-state index < -0.39 is 0 Å². The van der Waals surface area contributed by atoms with E-state index in [0.717, 1.165) is 11.5 Å². The van der Waals surface area contributed by atoms with Gasteiger partial charge in [0.1, 0.15) is 5.76 Å². The molecule has 2 N–H and O–H groups in total. The van der Waals surface area contributed by atoms with Gasteiger partial charge in [0, 0.05) is 11.9 Å². The van der Waals surface area contributed by atoms with Gasteiger partial charge in [-0.2, -0.15) is 10.2 Å². The minimum Gasteiger partial charge on any atom is -0.465 e. The first-order chi connectivity index (χ1) is 8.75. The van der Waals surface area contributed by atoms with Gasteiger partial charge >= 0.3 is 0 Å². The number of allylic oxidation sites excluding steroid dienone is 1. The van der Waals surface area contributed by atoms with E-state index in [2.05, 4.69) is 20.7 Å². The average Bonchev–Trinajstić information content (AvgIpc) is 2.99. The third-order valence-electron chi connectivity index (χ3n) is 2.07. The fourth-order valence-corrected chi connectivity index (χ4v) is 1.25. The summed E-state index contributed by atoms with van der Waals surface area (Å²) < 4.78 is 5.08. The molecule has 2 heterocycles. The van der Waals surface area contributed by atoms with Gasteiger partial charge in [-0.1, -0.05) is 0 Å². The normalized spacial score (nSPS) is 11.4. The molecular formula is C12H12N4O2. The van der Waals surface area contributed by atoms with E-state index in [1.807, 2.05) is 13.0 Å². The molecule has 1 amide bonds. The second-order valence-electron chi connectivity index (χ2n) is 3.53. The number of hydrazone groups is 1. The maximum atomic E-state index is 11.5. The Morgan fingerprint density at radius 3 is 3.17 bits per heavy atom. The van der Waals surface area contributed by atoms with Gasteiger partial charge in [0.15, 0.2) is 5.69 Å². The smallest absolute Gasteiger partial charge is 0.291 e. The van der Waals surface area contributed by atoms with Crippen LogP contribution < -0.4 is 5.43 Å². The van der Waals surface area contributed by atoms with Crippen molar-refractivity contribution in [1.29, 1.82) is 0 Å². The van der Waals surface area contributed by atoms with Gasteiger partial charge in [0.2, 0.25) is 0 Å². The van der Waals surface area contributed by atoms with Crippen LogP contribution in [-0.4, -0.2) is 22.3 Å². The van der Waals surface area contributed by atoms with Gasteiger partial charge in [0.05, 0.1) is 6.26 Å². The summed E-state index contributed by atoms with van der Waals surface area (Å²) in [6.07, 6.45) is 6.43. The molecule has 0 aromatic carbocycles. The third-order valence-corrected chi connectivity index (χ3v) is 2.07. The lowest BCUT2D eigenvalue weighted by atomic mass is 10.4. The molecule has 0 atom stereocenters. The Morgan fingerprint density at radius 2 is 2.50 bits per heavy atom. The zero-order valence-electron chi connectivity index (χ0n) is 9.75. The minimum absolute atomic E-state index is 0.305. The average molecular weight is 244 g/mol. The first-order valence-corrected chi connectivity index (χ1v) is 5.31. The Bertz CT molecular complexity index is 567. The highest BCUT2D eigenvalue weighted by molar-refractivity contribution is 5.92. The molecular weight excluding hydrogens is 232 g/mol. The predicted octanol–water partition coefficient (Wildman–Crippen LogP) is 1.74. The van der Waals surface area contributed by atoms with E-state index in [1.54, 1.807) is 30.5 Å². The Kier molecular flexibility index (Phi) is 3.70. The molecule has 0 spiro atoms. The molecule has 0 saturated carbocycles. The van der Waals surface area contributed by atoms with Crippen molar-refractivity contribution in [1.82, 2.24) is 15.6 Å². The second-order valence-corrected chi connectivity index (χ2v) is 3.53. The van der Waals surface area contributed by atoms with E-state index in [0.29, 0.717) is 5.69 Å². The lowest BCUT2D eigenvalue weighted by Crippen LogP contribution is -2.17. The fraction of sp³-hybridized carbons (Fsp3) is 0.0833. The molecule has 2 aromatic rings. The third kappa shape index (κ3) is 3.18. The molecule has 0 aliphatic carbocycles. The van der Waals surface area contributed by atoms with E-state index >= 15 is 0 Å².